The second-order valence-corrected chi connectivity index (χ2v) is 18.6. The minimum absolute atomic E-state index is 0.105. The molecule has 0 spiro atoms. The van der Waals surface area contributed by atoms with Gasteiger partial charge in [-0.1, -0.05) is 71.9 Å². The first-order chi connectivity index (χ1) is 17.9. The molecule has 1 heterocycles. The van der Waals surface area contributed by atoms with E-state index in [1.807, 2.05) is 41.3 Å². The quantitative estimate of drug-likeness (QED) is 0.282. The highest BCUT2D eigenvalue weighted by Gasteiger charge is 2.48. The van der Waals surface area contributed by atoms with Crippen molar-refractivity contribution in [2.75, 3.05) is 23.9 Å². The van der Waals surface area contributed by atoms with Gasteiger partial charge >= 0.3 is 0 Å². The van der Waals surface area contributed by atoms with Crippen LogP contribution in [0.2, 0.25) is 18.1 Å². The molecule has 1 N–H and O–H groups in total. The van der Waals surface area contributed by atoms with Crippen LogP contribution >= 0.6 is 11.8 Å². The fourth-order valence-corrected chi connectivity index (χ4v) is 7.70. The van der Waals surface area contributed by atoms with Crippen LogP contribution in [-0.2, 0) is 9.22 Å². The van der Waals surface area contributed by atoms with Gasteiger partial charge in [-0.2, -0.15) is 0 Å². The van der Waals surface area contributed by atoms with Crippen molar-refractivity contribution in [1.82, 2.24) is 0 Å². The third-order valence-corrected chi connectivity index (χ3v) is 15.3. The topological polar surface area (TPSA) is 49.8 Å². The smallest absolute Gasteiger partial charge is 0.238 e. The van der Waals surface area contributed by atoms with E-state index in [0.29, 0.717) is 6.61 Å². The van der Waals surface area contributed by atoms with Gasteiger partial charge in [0.2, 0.25) is 5.91 Å². The first kappa shape index (κ1) is 30.9. The molecule has 0 aromatic heterocycles. The molecule has 0 saturated heterocycles. The molecule has 2 aromatic rings. The molecule has 3 unspecified atom stereocenters. The number of anilines is 2. The fraction of sp³-hybridized carbons (Fsp3) is 0.594. The highest BCUT2D eigenvalue weighted by atomic mass is 32.2. The molecule has 38 heavy (non-hydrogen) atoms. The lowest BCUT2D eigenvalue weighted by molar-refractivity contribution is -0.129. The van der Waals surface area contributed by atoms with Gasteiger partial charge < -0.3 is 9.53 Å². The summed E-state index contributed by atoms with van der Waals surface area (Å²) in [6.45, 7) is 18.6. The van der Waals surface area contributed by atoms with Crippen molar-refractivity contribution in [1.29, 1.82) is 0 Å². The number of carbonyl (C=O) groups is 1. The number of carbonyl (C=O) groups excluding carboxylic acids is 1. The predicted octanol–water partition coefficient (Wildman–Crippen LogP) is 8.68. The van der Waals surface area contributed by atoms with Gasteiger partial charge in [-0.3, -0.25) is 9.69 Å². The van der Waals surface area contributed by atoms with Crippen LogP contribution in [0.15, 0.2) is 59.5 Å². The van der Waals surface area contributed by atoms with Crippen molar-refractivity contribution >= 4 is 37.4 Å². The Morgan fingerprint density at radius 2 is 1.71 bits per heavy atom. The van der Waals surface area contributed by atoms with E-state index in [-0.39, 0.29) is 28.9 Å². The Kier molecular flexibility index (Phi) is 10.00. The second-order valence-electron chi connectivity index (χ2n) is 12.7. The SMILES string of the molecule is CCC(CO)(CCC(C)C1(CC)CSc2ccccc2N(c2ccccc2)C1=O)CO[Si](C)(C)C(C)(C)C. The van der Waals surface area contributed by atoms with Crippen LogP contribution in [0.3, 0.4) is 0 Å². The monoisotopic (exact) mass is 555 g/mol. The maximum atomic E-state index is 14.6. The van der Waals surface area contributed by atoms with E-state index in [4.69, 9.17) is 4.43 Å². The van der Waals surface area contributed by atoms with Gasteiger partial charge in [0.25, 0.3) is 0 Å². The van der Waals surface area contributed by atoms with Crippen molar-refractivity contribution in [2.24, 2.45) is 16.7 Å². The largest absolute Gasteiger partial charge is 0.416 e. The van der Waals surface area contributed by atoms with Crippen LogP contribution in [0.4, 0.5) is 11.4 Å². The Morgan fingerprint density at radius 3 is 2.29 bits per heavy atom. The Balaban J connectivity index is 1.89. The molecular formula is C32H49NO3SSi. The number of amides is 1. The number of aliphatic hydroxyl groups excluding tert-OH is 1. The number of nitrogens with zero attached hydrogens (tertiary/aromatic N) is 1. The molecule has 0 fully saturated rings. The van der Waals surface area contributed by atoms with Crippen molar-refractivity contribution in [3.8, 4) is 0 Å². The Bertz CT molecular complexity index is 1060. The summed E-state index contributed by atoms with van der Waals surface area (Å²) >= 11 is 1.80. The summed E-state index contributed by atoms with van der Waals surface area (Å²) in [5.41, 5.74) is 1.09. The predicted molar refractivity (Wildman–Crippen MR) is 165 cm³/mol. The molecular weight excluding hydrogens is 507 g/mol. The third-order valence-electron chi connectivity index (χ3n) is 9.55. The average Bonchev–Trinajstić information content (AvgIpc) is 3.03. The molecule has 4 nitrogen and oxygen atoms in total. The third kappa shape index (κ3) is 6.24. The van der Waals surface area contributed by atoms with Crippen molar-refractivity contribution in [2.45, 2.75) is 90.3 Å². The summed E-state index contributed by atoms with van der Waals surface area (Å²) in [6.07, 6.45) is 3.34. The molecule has 3 atom stereocenters. The molecule has 0 aliphatic carbocycles. The van der Waals surface area contributed by atoms with Gasteiger partial charge in [-0.05, 0) is 74.0 Å². The number of fused-ring (bicyclic) bond motifs is 1. The highest BCUT2D eigenvalue weighted by Crippen LogP contribution is 2.50. The molecule has 0 saturated carbocycles. The molecule has 0 bridgehead atoms. The second kappa shape index (κ2) is 12.3. The van der Waals surface area contributed by atoms with Gasteiger partial charge in [-0.25, -0.2) is 0 Å². The molecule has 210 valence electrons. The van der Waals surface area contributed by atoms with E-state index in [1.54, 1.807) is 11.8 Å². The zero-order valence-electron chi connectivity index (χ0n) is 24.8. The van der Waals surface area contributed by atoms with Crippen LogP contribution in [0.1, 0.15) is 67.2 Å². The van der Waals surface area contributed by atoms with Crippen molar-refractivity contribution in [3.05, 3.63) is 54.6 Å². The van der Waals surface area contributed by atoms with Gasteiger partial charge in [0.15, 0.2) is 8.32 Å². The zero-order valence-corrected chi connectivity index (χ0v) is 26.7. The fourth-order valence-electron chi connectivity index (χ4n) is 5.09. The van der Waals surface area contributed by atoms with Crippen LogP contribution in [0, 0.1) is 16.7 Å². The number of hydrogen-bond acceptors (Lipinski definition) is 4. The standard InChI is InChI=1S/C32H49NO3SSi/c1-9-31(22-34,23-36-38(7,8)30(4,5)6)21-20-25(3)32(10-2)24-37-28-19-15-14-18-27(28)33(29(32)35)26-16-12-11-13-17-26/h11-19,25,34H,9-10,20-24H2,1-8H3. The normalized spacial score (nSPS) is 21.0. The summed E-state index contributed by atoms with van der Waals surface area (Å²) in [6, 6.07) is 18.3. The Labute approximate surface area is 236 Å². The molecule has 2 aromatic carbocycles. The minimum atomic E-state index is -1.93. The molecule has 6 heteroatoms. The van der Waals surface area contributed by atoms with Gasteiger partial charge in [0.1, 0.15) is 0 Å². The van der Waals surface area contributed by atoms with E-state index < -0.39 is 13.7 Å². The molecule has 1 amide bonds. The number of rotatable bonds is 11. The number of hydrogen-bond donors (Lipinski definition) is 1. The van der Waals surface area contributed by atoms with Gasteiger partial charge in [0, 0.05) is 28.4 Å². The molecule has 3 rings (SSSR count). The highest BCUT2D eigenvalue weighted by molar-refractivity contribution is 7.99. The van der Waals surface area contributed by atoms with Crippen LogP contribution in [0.5, 0.6) is 0 Å². The average molecular weight is 556 g/mol. The van der Waals surface area contributed by atoms with Crippen molar-refractivity contribution in [3.63, 3.8) is 0 Å². The maximum absolute atomic E-state index is 14.6. The van der Waals surface area contributed by atoms with Crippen LogP contribution in [0.25, 0.3) is 0 Å². The molecule has 0 radical (unpaired) electrons. The lowest BCUT2D eigenvalue weighted by Gasteiger charge is -2.42. The first-order valence-electron chi connectivity index (χ1n) is 14.2. The summed E-state index contributed by atoms with van der Waals surface area (Å²) < 4.78 is 6.63. The summed E-state index contributed by atoms with van der Waals surface area (Å²) in [5.74, 6) is 1.08. The van der Waals surface area contributed by atoms with E-state index >= 15 is 0 Å². The Hall–Kier alpha value is -1.60. The van der Waals surface area contributed by atoms with Gasteiger partial charge in [-0.15, -0.1) is 11.8 Å². The minimum Gasteiger partial charge on any atom is -0.416 e. The molecule has 1 aliphatic rings. The van der Waals surface area contributed by atoms with E-state index in [9.17, 15) is 9.90 Å². The number of para-hydroxylation sites is 2. The summed E-state index contributed by atoms with van der Waals surface area (Å²) in [5, 5.41) is 10.7. The summed E-state index contributed by atoms with van der Waals surface area (Å²) in [7, 11) is -1.93. The van der Waals surface area contributed by atoms with Gasteiger partial charge in [0.05, 0.1) is 17.7 Å². The van der Waals surface area contributed by atoms with E-state index in [2.05, 4.69) is 72.8 Å². The van der Waals surface area contributed by atoms with Crippen LogP contribution < -0.4 is 4.90 Å². The lowest BCUT2D eigenvalue weighted by atomic mass is 9.69. The van der Waals surface area contributed by atoms with Crippen LogP contribution in [-0.4, -0.2) is 38.3 Å². The first-order valence-corrected chi connectivity index (χ1v) is 18.1. The molecule has 1 aliphatic heterocycles. The van der Waals surface area contributed by atoms with Crippen molar-refractivity contribution < 1.29 is 14.3 Å². The zero-order chi connectivity index (χ0) is 28.2. The number of benzene rings is 2. The number of thioether (sulfide) groups is 1. The van der Waals surface area contributed by atoms with E-state index in [0.717, 1.165) is 47.7 Å². The lowest BCUT2D eigenvalue weighted by Crippen LogP contribution is -2.47. The Morgan fingerprint density at radius 1 is 1.08 bits per heavy atom. The number of aliphatic hydroxyl groups is 1. The van der Waals surface area contributed by atoms with E-state index in [1.165, 1.54) is 0 Å². The maximum Gasteiger partial charge on any atom is 0.238 e. The summed E-state index contributed by atoms with van der Waals surface area (Å²) in [4.78, 5) is 17.7.